The molecule has 2 unspecified atom stereocenters. The molecule has 0 saturated carbocycles. The molecule has 1 fully saturated rings. The number of hydrogen-bond donors (Lipinski definition) is 4. The monoisotopic (exact) mass is 799 g/mol. The van der Waals surface area contributed by atoms with Crippen molar-refractivity contribution in [3.63, 3.8) is 0 Å². The lowest BCUT2D eigenvalue weighted by Gasteiger charge is -2.32. The zero-order valence-corrected chi connectivity index (χ0v) is 31.9. The maximum atomic E-state index is 13.5. The lowest BCUT2D eigenvalue weighted by atomic mass is 10.0. The van der Waals surface area contributed by atoms with E-state index in [1.54, 1.807) is 34.9 Å². The summed E-state index contributed by atoms with van der Waals surface area (Å²) in [5, 5.41) is 17.0. The molecule has 57 heavy (non-hydrogen) atoms. The molecule has 4 amide bonds. The largest absolute Gasteiger partial charge is 0.389 e. The number of benzene rings is 3. The van der Waals surface area contributed by atoms with Crippen LogP contribution in [-0.2, 0) is 30.4 Å². The number of nitrogens with zero attached hydrogens (tertiary/aromatic N) is 2. The van der Waals surface area contributed by atoms with E-state index in [9.17, 15) is 33.1 Å². The summed E-state index contributed by atoms with van der Waals surface area (Å²) in [6.45, 7) is -0.281. The molecule has 1 saturated heterocycles. The number of amides is 4. The van der Waals surface area contributed by atoms with Crippen molar-refractivity contribution in [3.05, 3.63) is 89.1 Å². The number of imide groups is 1. The van der Waals surface area contributed by atoms with Crippen molar-refractivity contribution in [3.8, 4) is 23.0 Å². The number of aromatic nitrogens is 1. The van der Waals surface area contributed by atoms with Crippen molar-refractivity contribution in [2.45, 2.75) is 50.9 Å². The van der Waals surface area contributed by atoms with Crippen LogP contribution in [-0.4, -0.2) is 89.0 Å². The first-order valence-electron chi connectivity index (χ1n) is 18.7. The summed E-state index contributed by atoms with van der Waals surface area (Å²) in [4.78, 5) is 51.2. The van der Waals surface area contributed by atoms with E-state index >= 15 is 0 Å². The van der Waals surface area contributed by atoms with Crippen LogP contribution in [0.15, 0.2) is 66.9 Å². The Morgan fingerprint density at radius 2 is 1.79 bits per heavy atom. The second kappa shape index (κ2) is 19.1. The van der Waals surface area contributed by atoms with Gasteiger partial charge >= 0.3 is 0 Å². The highest BCUT2D eigenvalue weighted by atomic mass is 32.1. The molecule has 4 aromatic rings. The van der Waals surface area contributed by atoms with Crippen molar-refractivity contribution < 1.29 is 42.5 Å². The van der Waals surface area contributed by atoms with Crippen LogP contribution in [0.25, 0.3) is 22.0 Å². The highest BCUT2D eigenvalue weighted by molar-refractivity contribution is 7.80. The maximum Gasteiger partial charge on any atom is 0.257 e. The van der Waals surface area contributed by atoms with Crippen molar-refractivity contribution in [1.29, 1.82) is 0 Å². The number of nitrogens with two attached hydrogens (primary N) is 1. The average molecular weight is 800 g/mol. The molecule has 15 heteroatoms. The van der Waals surface area contributed by atoms with Gasteiger partial charge < -0.3 is 30.2 Å². The van der Waals surface area contributed by atoms with E-state index in [1.807, 2.05) is 36.5 Å². The number of thiocarbonyl (C=S) groups is 1. The Kier molecular flexibility index (Phi) is 13.8. The molecule has 2 aliphatic rings. The van der Waals surface area contributed by atoms with E-state index < -0.39 is 49.3 Å². The van der Waals surface area contributed by atoms with Gasteiger partial charge in [0.2, 0.25) is 17.7 Å². The molecule has 3 aromatic carbocycles. The lowest BCUT2D eigenvalue weighted by molar-refractivity contribution is -0.139. The summed E-state index contributed by atoms with van der Waals surface area (Å²) in [6.07, 6.45) is 1.94. The van der Waals surface area contributed by atoms with E-state index in [4.69, 9.17) is 27.4 Å². The standard InChI is InChI=1S/C42H43F2N5O7S/c43-22-26(23-44)24-48-25-33(28-8-4-9-29(20-28)39(45)57)31-12-11-30(21-35(31)48)46-37(51)15-17-56-19-18-55-16-3-1-2-6-27-7-5-10-32-38(27)42(54)49(41(32)53)34-13-14-36(50)47-40(34)52/h4-5,7-12,20-21,25-26,34,42,54H,1,3,13-19,22-24H2,(H2,45,57)(H,46,51)(H,47,50,52). The van der Waals surface area contributed by atoms with E-state index in [-0.39, 0.29) is 55.5 Å². The van der Waals surface area contributed by atoms with Crippen molar-refractivity contribution in [2.24, 2.45) is 11.7 Å². The molecule has 0 aliphatic carbocycles. The molecule has 2 atom stereocenters. The fourth-order valence-electron chi connectivity index (χ4n) is 6.93. The first-order valence-corrected chi connectivity index (χ1v) is 19.1. The fourth-order valence-corrected chi connectivity index (χ4v) is 7.05. The zero-order valence-electron chi connectivity index (χ0n) is 31.1. The molecular weight excluding hydrogens is 757 g/mol. The number of nitrogens with one attached hydrogen (secondary N) is 2. The van der Waals surface area contributed by atoms with Crippen LogP contribution in [0, 0.1) is 17.8 Å². The van der Waals surface area contributed by atoms with Crippen molar-refractivity contribution in [1.82, 2.24) is 14.8 Å². The summed E-state index contributed by atoms with van der Waals surface area (Å²) in [7, 11) is 0. The average Bonchev–Trinajstić information content (AvgIpc) is 3.69. The number of fused-ring (bicyclic) bond motifs is 2. The molecule has 12 nitrogen and oxygen atoms in total. The quantitative estimate of drug-likeness (QED) is 0.0501. The summed E-state index contributed by atoms with van der Waals surface area (Å²) in [6, 6.07) is 16.9. The second-order valence-corrected chi connectivity index (χ2v) is 14.2. The van der Waals surface area contributed by atoms with Gasteiger partial charge in [-0.15, -0.1) is 0 Å². The second-order valence-electron chi connectivity index (χ2n) is 13.8. The number of anilines is 1. The highest BCUT2D eigenvalue weighted by Gasteiger charge is 2.45. The van der Waals surface area contributed by atoms with Gasteiger partial charge in [-0.05, 0) is 48.7 Å². The van der Waals surface area contributed by atoms with Gasteiger partial charge in [0.15, 0.2) is 6.23 Å². The first kappa shape index (κ1) is 41.1. The number of piperidine rings is 1. The van der Waals surface area contributed by atoms with Crippen LogP contribution in [0.4, 0.5) is 14.5 Å². The van der Waals surface area contributed by atoms with Gasteiger partial charge in [0.25, 0.3) is 5.91 Å². The number of alkyl halides is 2. The summed E-state index contributed by atoms with van der Waals surface area (Å²) in [5.41, 5.74) is 10.6. The number of rotatable bonds is 17. The van der Waals surface area contributed by atoms with Gasteiger partial charge in [-0.25, -0.2) is 0 Å². The Hall–Kier alpha value is -5.53. The Morgan fingerprint density at radius 1 is 1.02 bits per heavy atom. The maximum absolute atomic E-state index is 13.5. The minimum Gasteiger partial charge on any atom is -0.389 e. The molecular formula is C42H43F2N5O7S. The van der Waals surface area contributed by atoms with Gasteiger partial charge in [0, 0.05) is 77.0 Å². The van der Waals surface area contributed by atoms with E-state index in [2.05, 4.69) is 22.5 Å². The Morgan fingerprint density at radius 3 is 2.54 bits per heavy atom. The summed E-state index contributed by atoms with van der Waals surface area (Å²) < 4.78 is 40.1. The van der Waals surface area contributed by atoms with Gasteiger partial charge in [0.1, 0.15) is 11.0 Å². The third kappa shape index (κ3) is 9.72. The molecule has 2 aliphatic heterocycles. The topological polar surface area (TPSA) is 165 Å². The number of halogens is 2. The number of aliphatic hydroxyl groups is 1. The fraction of sp³-hybridized carbons (Fsp3) is 0.357. The smallest absolute Gasteiger partial charge is 0.257 e. The normalized spacial score (nSPS) is 16.4. The Labute approximate surface area is 333 Å². The molecule has 0 bridgehead atoms. The molecule has 0 spiro atoms. The Bertz CT molecular complexity index is 2230. The molecule has 298 valence electrons. The van der Waals surface area contributed by atoms with Crippen molar-refractivity contribution in [2.75, 3.05) is 45.1 Å². The lowest BCUT2D eigenvalue weighted by Crippen LogP contribution is -2.53. The number of aliphatic hydroxyl groups excluding tert-OH is 1. The van der Waals surface area contributed by atoms with E-state index in [0.29, 0.717) is 53.9 Å². The van der Waals surface area contributed by atoms with Crippen LogP contribution < -0.4 is 16.4 Å². The summed E-state index contributed by atoms with van der Waals surface area (Å²) >= 11 is 5.14. The SMILES string of the molecule is NC(=S)c1cccc(-c2cn(CC(CF)CF)c3cc(NC(=O)CCOCCOCCCC#Cc4cccc5c4C(O)N(C4CCC(=O)NC4=O)C5=O)ccc23)c1. The number of unbranched alkanes of at least 4 members (excludes halogenated alkanes) is 1. The van der Waals surface area contributed by atoms with Crippen LogP contribution in [0.5, 0.6) is 0 Å². The molecule has 0 radical (unpaired) electrons. The minimum atomic E-state index is -1.35. The third-order valence-corrected chi connectivity index (χ3v) is 10.0. The highest BCUT2D eigenvalue weighted by Crippen LogP contribution is 2.37. The van der Waals surface area contributed by atoms with Crippen molar-refractivity contribution >= 4 is 57.4 Å². The minimum absolute atomic E-state index is 0.0817. The predicted molar refractivity (Wildman–Crippen MR) is 213 cm³/mol. The number of ether oxygens (including phenoxy) is 2. The van der Waals surface area contributed by atoms with E-state index in [1.165, 1.54) is 0 Å². The molecule has 1 aromatic heterocycles. The van der Waals surface area contributed by atoms with Crippen LogP contribution in [0.2, 0.25) is 0 Å². The van der Waals surface area contributed by atoms with Crippen LogP contribution in [0.1, 0.15) is 65.4 Å². The molecule has 3 heterocycles. The third-order valence-electron chi connectivity index (χ3n) is 9.81. The van der Waals surface area contributed by atoms with Gasteiger partial charge in [-0.2, -0.15) is 0 Å². The molecule has 5 N–H and O–H groups in total. The van der Waals surface area contributed by atoms with Crippen LogP contribution >= 0.6 is 12.2 Å². The number of carbonyl (C=O) groups excluding carboxylic acids is 4. The predicted octanol–water partition coefficient (Wildman–Crippen LogP) is 4.94. The Balaban J connectivity index is 0.929. The summed E-state index contributed by atoms with van der Waals surface area (Å²) in [5.74, 6) is 3.51. The van der Waals surface area contributed by atoms with Gasteiger partial charge in [-0.1, -0.05) is 54.4 Å². The molecule has 6 rings (SSSR count). The zero-order chi connectivity index (χ0) is 40.5. The van der Waals surface area contributed by atoms with E-state index in [0.717, 1.165) is 21.4 Å². The van der Waals surface area contributed by atoms with Gasteiger partial charge in [-0.3, -0.25) is 38.2 Å². The van der Waals surface area contributed by atoms with Crippen LogP contribution in [0.3, 0.4) is 0 Å². The van der Waals surface area contributed by atoms with Gasteiger partial charge in [0.05, 0.1) is 45.1 Å². The number of hydrogen-bond acceptors (Lipinski definition) is 8. The number of carbonyl (C=O) groups is 4. The first-order chi connectivity index (χ1) is 27.6.